The fourth-order valence-corrected chi connectivity index (χ4v) is 4.49. The first-order chi connectivity index (χ1) is 15.0. The first-order valence-corrected chi connectivity index (χ1v) is 11.4. The summed E-state index contributed by atoms with van der Waals surface area (Å²) < 4.78 is 1.80. The number of halogens is 2. The standard InChI is InChI=1S/C23H25Cl2N5S/c1-17-5-2-3-6-18(17)15-28-11-13-29(14-12-28)23(31)26-22-9-10-30(27-22)16-19-20(24)7-4-8-21(19)25/h2-10H,11-16H2,1H3,(H,26,27,31). The topological polar surface area (TPSA) is 36.3 Å². The van der Waals surface area contributed by atoms with Crippen LogP contribution in [0.1, 0.15) is 16.7 Å². The van der Waals surface area contributed by atoms with E-state index < -0.39 is 0 Å². The molecule has 1 saturated heterocycles. The molecule has 0 atom stereocenters. The molecular weight excluding hydrogens is 449 g/mol. The molecule has 4 rings (SSSR count). The van der Waals surface area contributed by atoms with Gasteiger partial charge in [0.15, 0.2) is 10.9 Å². The Morgan fingerprint density at radius 1 is 0.968 bits per heavy atom. The number of nitrogens with one attached hydrogen (secondary N) is 1. The van der Waals surface area contributed by atoms with Crippen molar-refractivity contribution in [1.82, 2.24) is 19.6 Å². The zero-order chi connectivity index (χ0) is 21.8. The predicted molar refractivity (Wildman–Crippen MR) is 132 cm³/mol. The number of hydrogen-bond acceptors (Lipinski definition) is 3. The van der Waals surface area contributed by atoms with Gasteiger partial charge in [-0.2, -0.15) is 5.10 Å². The second-order valence-corrected chi connectivity index (χ2v) is 8.92. The van der Waals surface area contributed by atoms with E-state index in [9.17, 15) is 0 Å². The average Bonchev–Trinajstić information content (AvgIpc) is 3.20. The van der Waals surface area contributed by atoms with Crippen LogP contribution in [0.4, 0.5) is 5.82 Å². The predicted octanol–water partition coefficient (Wildman–Crippen LogP) is 5.06. The van der Waals surface area contributed by atoms with Gasteiger partial charge in [-0.1, -0.05) is 53.5 Å². The van der Waals surface area contributed by atoms with Crippen LogP contribution in [0.5, 0.6) is 0 Å². The third-order valence-electron chi connectivity index (χ3n) is 5.57. The van der Waals surface area contributed by atoms with Crippen LogP contribution in [-0.4, -0.2) is 50.9 Å². The molecule has 1 fully saturated rings. The molecule has 1 aromatic heterocycles. The van der Waals surface area contributed by atoms with E-state index in [0.29, 0.717) is 21.7 Å². The quantitative estimate of drug-likeness (QED) is 0.523. The molecule has 1 aliphatic heterocycles. The van der Waals surface area contributed by atoms with Crippen molar-refractivity contribution in [2.75, 3.05) is 31.5 Å². The minimum Gasteiger partial charge on any atom is -0.346 e. The molecule has 0 saturated carbocycles. The fraction of sp³-hybridized carbons (Fsp3) is 0.304. The maximum absolute atomic E-state index is 6.27. The molecule has 0 spiro atoms. The summed E-state index contributed by atoms with van der Waals surface area (Å²) in [5.41, 5.74) is 3.59. The fourth-order valence-electron chi connectivity index (χ4n) is 3.69. The van der Waals surface area contributed by atoms with Crippen LogP contribution in [0.25, 0.3) is 0 Å². The number of thiocarbonyl (C=S) groups is 1. The SMILES string of the molecule is Cc1ccccc1CN1CCN(C(=S)Nc2ccn(Cc3c(Cl)cccc3Cl)n2)CC1. The van der Waals surface area contributed by atoms with E-state index in [0.717, 1.165) is 44.1 Å². The zero-order valence-electron chi connectivity index (χ0n) is 17.4. The van der Waals surface area contributed by atoms with Crippen LogP contribution >= 0.6 is 35.4 Å². The number of anilines is 1. The van der Waals surface area contributed by atoms with Crippen molar-refractivity contribution in [2.45, 2.75) is 20.0 Å². The number of aryl methyl sites for hydroxylation is 1. The first-order valence-electron chi connectivity index (χ1n) is 10.3. The Hall–Kier alpha value is -2.12. The van der Waals surface area contributed by atoms with Crippen LogP contribution in [0, 0.1) is 6.92 Å². The van der Waals surface area contributed by atoms with E-state index >= 15 is 0 Å². The van der Waals surface area contributed by atoms with E-state index in [1.54, 1.807) is 4.68 Å². The Labute approximate surface area is 198 Å². The molecule has 1 aliphatic rings. The maximum atomic E-state index is 6.27. The minimum absolute atomic E-state index is 0.504. The number of hydrogen-bond donors (Lipinski definition) is 1. The number of piperazine rings is 1. The summed E-state index contributed by atoms with van der Waals surface area (Å²) >= 11 is 18.2. The average molecular weight is 474 g/mol. The Morgan fingerprint density at radius 2 is 1.68 bits per heavy atom. The molecule has 8 heteroatoms. The molecular formula is C23H25Cl2N5S. The van der Waals surface area contributed by atoms with E-state index in [4.69, 9.17) is 35.4 Å². The summed E-state index contributed by atoms with van der Waals surface area (Å²) in [5.74, 6) is 0.718. The van der Waals surface area contributed by atoms with Gasteiger partial charge in [-0.25, -0.2) is 0 Å². The smallest absolute Gasteiger partial charge is 0.174 e. The number of nitrogens with zero attached hydrogens (tertiary/aromatic N) is 4. The summed E-state index contributed by atoms with van der Waals surface area (Å²) in [5, 5.41) is 9.80. The van der Waals surface area contributed by atoms with Gasteiger partial charge in [0.25, 0.3) is 0 Å². The normalized spacial score (nSPS) is 14.6. The lowest BCUT2D eigenvalue weighted by molar-refractivity contribution is 0.176. The molecule has 162 valence electrons. The molecule has 5 nitrogen and oxygen atoms in total. The molecule has 0 radical (unpaired) electrons. The van der Waals surface area contributed by atoms with E-state index in [1.165, 1.54) is 11.1 Å². The van der Waals surface area contributed by atoms with Gasteiger partial charge in [0.05, 0.1) is 6.54 Å². The third-order valence-corrected chi connectivity index (χ3v) is 6.64. The van der Waals surface area contributed by atoms with E-state index in [2.05, 4.69) is 51.4 Å². The Balaban J connectivity index is 1.29. The molecule has 1 N–H and O–H groups in total. The van der Waals surface area contributed by atoms with Crippen molar-refractivity contribution in [3.8, 4) is 0 Å². The van der Waals surface area contributed by atoms with Crippen LogP contribution in [0.15, 0.2) is 54.7 Å². The Kier molecular flexibility index (Phi) is 7.13. The van der Waals surface area contributed by atoms with Crippen molar-refractivity contribution in [1.29, 1.82) is 0 Å². The van der Waals surface area contributed by atoms with E-state index in [1.807, 2.05) is 30.5 Å². The highest BCUT2D eigenvalue weighted by Gasteiger charge is 2.20. The molecule has 3 aromatic rings. The first kappa shape index (κ1) is 22.1. The van der Waals surface area contributed by atoms with Crippen molar-refractivity contribution in [3.05, 3.63) is 81.5 Å². The molecule has 31 heavy (non-hydrogen) atoms. The summed E-state index contributed by atoms with van der Waals surface area (Å²) in [7, 11) is 0. The van der Waals surface area contributed by atoms with Crippen molar-refractivity contribution < 1.29 is 0 Å². The van der Waals surface area contributed by atoms with Gasteiger partial charge in [0, 0.05) is 60.6 Å². The van der Waals surface area contributed by atoms with Crippen molar-refractivity contribution >= 4 is 46.4 Å². The molecule has 2 heterocycles. The van der Waals surface area contributed by atoms with Gasteiger partial charge in [-0.05, 0) is 42.4 Å². The molecule has 2 aromatic carbocycles. The van der Waals surface area contributed by atoms with Crippen LogP contribution in [-0.2, 0) is 13.1 Å². The van der Waals surface area contributed by atoms with Gasteiger partial charge in [-0.15, -0.1) is 0 Å². The summed E-state index contributed by atoms with van der Waals surface area (Å²) in [6.07, 6.45) is 1.89. The van der Waals surface area contributed by atoms with Crippen molar-refractivity contribution in [3.63, 3.8) is 0 Å². The highest BCUT2D eigenvalue weighted by atomic mass is 35.5. The van der Waals surface area contributed by atoms with Crippen LogP contribution in [0.2, 0.25) is 10.0 Å². The number of rotatable bonds is 5. The van der Waals surface area contributed by atoms with Gasteiger partial charge in [0.1, 0.15) is 0 Å². The summed E-state index contributed by atoms with van der Waals surface area (Å²) in [6, 6.07) is 16.0. The third kappa shape index (κ3) is 5.57. The lowest BCUT2D eigenvalue weighted by Gasteiger charge is -2.36. The Morgan fingerprint density at radius 3 is 2.39 bits per heavy atom. The highest BCUT2D eigenvalue weighted by Crippen LogP contribution is 2.25. The van der Waals surface area contributed by atoms with E-state index in [-0.39, 0.29) is 0 Å². The van der Waals surface area contributed by atoms with Crippen molar-refractivity contribution in [2.24, 2.45) is 0 Å². The largest absolute Gasteiger partial charge is 0.346 e. The molecule has 0 aliphatic carbocycles. The summed E-state index contributed by atoms with van der Waals surface area (Å²) in [4.78, 5) is 4.68. The van der Waals surface area contributed by atoms with Gasteiger partial charge < -0.3 is 10.2 Å². The zero-order valence-corrected chi connectivity index (χ0v) is 19.7. The van der Waals surface area contributed by atoms with Gasteiger partial charge in [-0.3, -0.25) is 9.58 Å². The van der Waals surface area contributed by atoms with Crippen LogP contribution in [0.3, 0.4) is 0 Å². The number of aromatic nitrogens is 2. The monoisotopic (exact) mass is 473 g/mol. The van der Waals surface area contributed by atoms with Crippen LogP contribution < -0.4 is 5.32 Å². The van der Waals surface area contributed by atoms with Gasteiger partial charge >= 0.3 is 0 Å². The summed E-state index contributed by atoms with van der Waals surface area (Å²) in [6.45, 7) is 7.41. The molecule has 0 bridgehead atoms. The minimum atomic E-state index is 0.504. The molecule has 0 amide bonds. The Bertz CT molecular complexity index is 1040. The lowest BCUT2D eigenvalue weighted by Crippen LogP contribution is -2.49. The lowest BCUT2D eigenvalue weighted by atomic mass is 10.1. The van der Waals surface area contributed by atoms with Gasteiger partial charge in [0.2, 0.25) is 0 Å². The maximum Gasteiger partial charge on any atom is 0.174 e. The number of benzene rings is 2. The second kappa shape index (κ2) is 10.0. The molecule has 0 unspecified atom stereocenters. The highest BCUT2D eigenvalue weighted by molar-refractivity contribution is 7.80. The second-order valence-electron chi connectivity index (χ2n) is 7.72.